The molecule has 1 aliphatic heterocycles. The maximum Gasteiger partial charge on any atom is 0.235 e. The van der Waals surface area contributed by atoms with Gasteiger partial charge in [-0.1, -0.05) is 13.8 Å². The van der Waals surface area contributed by atoms with Crippen LogP contribution in [0.3, 0.4) is 0 Å². The molecular formula is C10H13N3O2. The molecule has 0 aliphatic carbocycles. The summed E-state index contributed by atoms with van der Waals surface area (Å²) in [6, 6.07) is 0. The number of H-pyrrole nitrogens is 1. The third kappa shape index (κ3) is 1.65. The van der Waals surface area contributed by atoms with E-state index in [0.717, 1.165) is 0 Å². The predicted molar refractivity (Wildman–Crippen MR) is 52.5 cm³/mol. The van der Waals surface area contributed by atoms with Gasteiger partial charge in [0.15, 0.2) is 0 Å². The molecule has 0 bridgehead atoms. The highest BCUT2D eigenvalue weighted by Gasteiger charge is 2.44. The lowest BCUT2D eigenvalue weighted by Gasteiger charge is -2.16. The number of rotatable bonds is 2. The monoisotopic (exact) mass is 207 g/mol. The number of hydrogen-bond acceptors (Lipinski definition) is 3. The number of imide groups is 1. The van der Waals surface area contributed by atoms with Crippen molar-refractivity contribution in [2.24, 2.45) is 5.41 Å². The molecule has 1 saturated heterocycles. The van der Waals surface area contributed by atoms with Crippen LogP contribution in [0, 0.1) is 5.41 Å². The molecule has 1 fully saturated rings. The lowest BCUT2D eigenvalue weighted by atomic mass is 9.92. The molecule has 0 atom stereocenters. The van der Waals surface area contributed by atoms with Crippen molar-refractivity contribution in [3.05, 3.63) is 18.2 Å². The van der Waals surface area contributed by atoms with Gasteiger partial charge < -0.3 is 4.98 Å². The quantitative estimate of drug-likeness (QED) is 0.726. The number of likely N-dealkylation sites (tertiary alicyclic amines) is 1. The average molecular weight is 207 g/mol. The van der Waals surface area contributed by atoms with Crippen molar-refractivity contribution < 1.29 is 9.59 Å². The van der Waals surface area contributed by atoms with Gasteiger partial charge >= 0.3 is 0 Å². The van der Waals surface area contributed by atoms with Gasteiger partial charge in [0.2, 0.25) is 11.8 Å². The zero-order chi connectivity index (χ0) is 11.1. The van der Waals surface area contributed by atoms with E-state index in [1.807, 2.05) is 0 Å². The molecule has 0 aromatic carbocycles. The van der Waals surface area contributed by atoms with E-state index in [4.69, 9.17) is 0 Å². The van der Waals surface area contributed by atoms with Gasteiger partial charge in [0.1, 0.15) is 5.82 Å². The number of nitrogens with zero attached hydrogens (tertiary/aromatic N) is 2. The molecule has 0 unspecified atom stereocenters. The number of nitrogens with one attached hydrogen (secondary N) is 1. The fraction of sp³-hybridized carbons (Fsp3) is 0.500. The third-order valence-electron chi connectivity index (χ3n) is 2.58. The minimum Gasteiger partial charge on any atom is -0.347 e. The van der Waals surface area contributed by atoms with Crippen molar-refractivity contribution in [1.82, 2.24) is 14.9 Å². The summed E-state index contributed by atoms with van der Waals surface area (Å²) in [5.41, 5.74) is -0.566. The number of carbonyl (C=O) groups excluding carboxylic acids is 2. The molecule has 0 radical (unpaired) electrons. The molecule has 1 aromatic heterocycles. The molecule has 1 N–H and O–H groups in total. The number of aromatic nitrogens is 2. The number of aromatic amines is 1. The maximum absolute atomic E-state index is 11.8. The summed E-state index contributed by atoms with van der Waals surface area (Å²) >= 11 is 0. The van der Waals surface area contributed by atoms with Crippen molar-refractivity contribution in [3.8, 4) is 0 Å². The second-order valence-electron chi connectivity index (χ2n) is 4.38. The fourth-order valence-electron chi connectivity index (χ4n) is 1.72. The molecule has 2 amide bonds. The van der Waals surface area contributed by atoms with Gasteiger partial charge in [-0.05, 0) is 0 Å². The third-order valence-corrected chi connectivity index (χ3v) is 2.58. The molecule has 2 heterocycles. The topological polar surface area (TPSA) is 66.1 Å². The van der Waals surface area contributed by atoms with E-state index in [1.165, 1.54) is 4.90 Å². The highest BCUT2D eigenvalue weighted by molar-refractivity contribution is 6.05. The van der Waals surface area contributed by atoms with Crippen molar-refractivity contribution in [2.75, 3.05) is 0 Å². The van der Waals surface area contributed by atoms with E-state index < -0.39 is 5.41 Å². The van der Waals surface area contributed by atoms with Gasteiger partial charge in [0.25, 0.3) is 0 Å². The van der Waals surface area contributed by atoms with Crippen LogP contribution >= 0.6 is 0 Å². The van der Waals surface area contributed by atoms with Crippen molar-refractivity contribution in [2.45, 2.75) is 26.8 Å². The SMILES string of the molecule is CC1(C)CC(=O)N(Cc2ncc[nH]2)C1=O. The van der Waals surface area contributed by atoms with Gasteiger partial charge in [-0.2, -0.15) is 0 Å². The molecule has 0 saturated carbocycles. The molecule has 1 aromatic rings. The largest absolute Gasteiger partial charge is 0.347 e. The first kappa shape index (κ1) is 9.89. The number of carbonyl (C=O) groups is 2. The molecule has 1 aliphatic rings. The summed E-state index contributed by atoms with van der Waals surface area (Å²) in [5, 5.41) is 0. The Hall–Kier alpha value is -1.65. The molecule has 80 valence electrons. The van der Waals surface area contributed by atoms with Gasteiger partial charge in [-0.15, -0.1) is 0 Å². The average Bonchev–Trinajstić information content (AvgIpc) is 2.69. The number of amides is 2. The Bertz CT molecular complexity index is 395. The van der Waals surface area contributed by atoms with Crippen LogP contribution in [-0.2, 0) is 16.1 Å². The lowest BCUT2D eigenvalue weighted by Crippen LogP contribution is -2.32. The van der Waals surface area contributed by atoms with Crippen LogP contribution in [0.5, 0.6) is 0 Å². The summed E-state index contributed by atoms with van der Waals surface area (Å²) in [6.45, 7) is 3.82. The van der Waals surface area contributed by atoms with Crippen LogP contribution in [-0.4, -0.2) is 26.7 Å². The summed E-state index contributed by atoms with van der Waals surface area (Å²) in [6.07, 6.45) is 3.56. The zero-order valence-electron chi connectivity index (χ0n) is 8.78. The second-order valence-corrected chi connectivity index (χ2v) is 4.38. The van der Waals surface area contributed by atoms with Crippen LogP contribution < -0.4 is 0 Å². The standard InChI is InChI=1S/C10H13N3O2/c1-10(2)5-8(14)13(9(10)15)6-7-11-3-4-12-7/h3-4H,5-6H2,1-2H3,(H,11,12). The van der Waals surface area contributed by atoms with Crippen LogP contribution in [0.4, 0.5) is 0 Å². The van der Waals surface area contributed by atoms with E-state index in [2.05, 4.69) is 9.97 Å². The smallest absolute Gasteiger partial charge is 0.235 e. The van der Waals surface area contributed by atoms with Gasteiger partial charge in [-0.25, -0.2) is 4.98 Å². The Labute approximate surface area is 87.5 Å². The van der Waals surface area contributed by atoms with Crippen LogP contribution in [0.25, 0.3) is 0 Å². The summed E-state index contributed by atoms with van der Waals surface area (Å²) in [7, 11) is 0. The minimum absolute atomic E-state index is 0.121. The highest BCUT2D eigenvalue weighted by atomic mass is 16.2. The number of imidazole rings is 1. The van der Waals surface area contributed by atoms with E-state index in [0.29, 0.717) is 5.82 Å². The van der Waals surface area contributed by atoms with Crippen molar-refractivity contribution in [1.29, 1.82) is 0 Å². The van der Waals surface area contributed by atoms with Crippen molar-refractivity contribution in [3.63, 3.8) is 0 Å². The first-order valence-electron chi connectivity index (χ1n) is 4.84. The normalized spacial score (nSPS) is 20.0. The Morgan fingerprint density at radius 1 is 1.53 bits per heavy atom. The van der Waals surface area contributed by atoms with E-state index >= 15 is 0 Å². The number of hydrogen-bond donors (Lipinski definition) is 1. The Kier molecular flexibility index (Phi) is 2.10. The molecule has 5 nitrogen and oxygen atoms in total. The first-order valence-corrected chi connectivity index (χ1v) is 4.84. The molecule has 5 heteroatoms. The summed E-state index contributed by atoms with van der Waals surface area (Å²) < 4.78 is 0. The van der Waals surface area contributed by atoms with Crippen molar-refractivity contribution >= 4 is 11.8 Å². The maximum atomic E-state index is 11.8. The van der Waals surface area contributed by atoms with E-state index in [-0.39, 0.29) is 24.8 Å². The molecule has 0 spiro atoms. The lowest BCUT2D eigenvalue weighted by molar-refractivity contribution is -0.141. The summed E-state index contributed by atoms with van der Waals surface area (Å²) in [4.78, 5) is 31.5. The van der Waals surface area contributed by atoms with Crippen LogP contribution in [0.15, 0.2) is 12.4 Å². The highest BCUT2D eigenvalue weighted by Crippen LogP contribution is 2.32. The Morgan fingerprint density at radius 2 is 2.27 bits per heavy atom. The van der Waals surface area contributed by atoms with Crippen LogP contribution in [0.1, 0.15) is 26.1 Å². The van der Waals surface area contributed by atoms with Gasteiger partial charge in [0.05, 0.1) is 12.0 Å². The minimum atomic E-state index is -0.566. The zero-order valence-corrected chi connectivity index (χ0v) is 8.78. The molecule has 2 rings (SSSR count). The van der Waals surface area contributed by atoms with Gasteiger partial charge in [-0.3, -0.25) is 14.5 Å². The van der Waals surface area contributed by atoms with E-state index in [9.17, 15) is 9.59 Å². The molecule has 15 heavy (non-hydrogen) atoms. The first-order chi connectivity index (χ1) is 7.00. The predicted octanol–water partition coefficient (Wildman–Crippen LogP) is 0.695. The molecular weight excluding hydrogens is 194 g/mol. The van der Waals surface area contributed by atoms with Crippen LogP contribution in [0.2, 0.25) is 0 Å². The Morgan fingerprint density at radius 3 is 2.73 bits per heavy atom. The second kappa shape index (κ2) is 3.18. The summed E-state index contributed by atoms with van der Waals surface area (Å²) in [5.74, 6) is 0.389. The fourth-order valence-corrected chi connectivity index (χ4v) is 1.72. The van der Waals surface area contributed by atoms with Gasteiger partial charge in [0, 0.05) is 18.8 Å². The Balaban J connectivity index is 2.17. The van der Waals surface area contributed by atoms with E-state index in [1.54, 1.807) is 26.2 Å².